The monoisotopic (exact) mass is 527 g/mol. The van der Waals surface area contributed by atoms with Crippen LogP contribution in [0.1, 0.15) is 59.4 Å². The first-order chi connectivity index (χ1) is 17.8. The first-order valence-electron chi connectivity index (χ1n) is 12.4. The van der Waals surface area contributed by atoms with E-state index in [4.69, 9.17) is 5.41 Å². The highest BCUT2D eigenvalue weighted by molar-refractivity contribution is 5.81. The van der Waals surface area contributed by atoms with Crippen molar-refractivity contribution in [2.75, 3.05) is 20.2 Å². The fraction of sp³-hybridized carbons (Fsp3) is 0.464. The average Bonchev–Trinajstić information content (AvgIpc) is 2.84. The number of amides is 2. The molecule has 1 aromatic heterocycles. The van der Waals surface area contributed by atoms with Gasteiger partial charge in [-0.05, 0) is 56.0 Å². The molecule has 0 unspecified atom stereocenters. The molecule has 0 fully saturated rings. The molecule has 38 heavy (non-hydrogen) atoms. The molecule has 2 amide bonds. The zero-order valence-corrected chi connectivity index (χ0v) is 23.0. The standard InChI is InChI=1S/C28H38FN5O4/c1-27(2,3)22-17-23(20-9-11-21(29)12-10-20)32-34(26(22)30)16-8-7-15-33(18-28(4,5)31-19-35)24(36)13-14-25(37)38-6/h8-12,16-17,19,30H,7,13-15,18H2,1-6H3,(H,31,35)/b16-8+,30-26?. The number of halogens is 1. The second kappa shape index (κ2) is 13.1. The van der Waals surface area contributed by atoms with Gasteiger partial charge in [-0.25, -0.2) is 9.07 Å². The lowest BCUT2D eigenvalue weighted by Crippen LogP contribution is -2.50. The number of hydrogen-bond donors (Lipinski definition) is 2. The van der Waals surface area contributed by atoms with Crippen LogP contribution in [0, 0.1) is 11.2 Å². The minimum absolute atomic E-state index is 0.00457. The summed E-state index contributed by atoms with van der Waals surface area (Å²) in [5, 5.41) is 16.0. The quantitative estimate of drug-likeness (QED) is 0.323. The summed E-state index contributed by atoms with van der Waals surface area (Å²) < 4.78 is 19.6. The van der Waals surface area contributed by atoms with Crippen LogP contribution < -0.4 is 10.8 Å². The number of esters is 1. The van der Waals surface area contributed by atoms with E-state index < -0.39 is 11.5 Å². The Morgan fingerprint density at radius 2 is 1.82 bits per heavy atom. The van der Waals surface area contributed by atoms with Gasteiger partial charge in [-0.15, -0.1) is 0 Å². The number of rotatable bonds is 12. The van der Waals surface area contributed by atoms with Gasteiger partial charge in [0.1, 0.15) is 11.3 Å². The van der Waals surface area contributed by atoms with Crippen LogP contribution in [0.25, 0.3) is 17.5 Å². The minimum atomic E-state index is -0.665. The van der Waals surface area contributed by atoms with E-state index in [-0.39, 0.29) is 42.0 Å². The molecule has 1 aromatic carbocycles. The second-order valence-electron chi connectivity index (χ2n) is 10.7. The van der Waals surface area contributed by atoms with Gasteiger partial charge in [0.15, 0.2) is 0 Å². The summed E-state index contributed by atoms with van der Waals surface area (Å²) in [6.07, 6.45) is 4.49. The molecular formula is C28H38FN5O4. The summed E-state index contributed by atoms with van der Waals surface area (Å²) in [6, 6.07) is 7.89. The normalized spacial score (nSPS) is 11.9. The lowest BCUT2D eigenvalue weighted by Gasteiger charge is -2.32. The molecule has 2 aromatic rings. The molecule has 0 aliphatic heterocycles. The number of nitrogens with one attached hydrogen (secondary N) is 2. The predicted octanol–water partition coefficient (Wildman–Crippen LogP) is 3.63. The first-order valence-corrected chi connectivity index (χ1v) is 12.4. The van der Waals surface area contributed by atoms with Gasteiger partial charge in [0.05, 0.1) is 24.8 Å². The number of nitrogens with zero attached hydrogens (tertiary/aromatic N) is 3. The highest BCUT2D eigenvalue weighted by Gasteiger charge is 2.24. The van der Waals surface area contributed by atoms with Gasteiger partial charge in [0, 0.05) is 36.8 Å². The number of hydrogen-bond acceptors (Lipinski definition) is 6. The smallest absolute Gasteiger partial charge is 0.306 e. The van der Waals surface area contributed by atoms with Crippen molar-refractivity contribution in [3.8, 4) is 11.3 Å². The Labute approximate surface area is 223 Å². The van der Waals surface area contributed by atoms with Crippen molar-refractivity contribution < 1.29 is 23.5 Å². The Kier molecular flexibility index (Phi) is 10.5. The molecule has 2 rings (SSSR count). The maximum Gasteiger partial charge on any atom is 0.306 e. The summed E-state index contributed by atoms with van der Waals surface area (Å²) >= 11 is 0. The van der Waals surface area contributed by atoms with Crippen molar-refractivity contribution in [2.24, 2.45) is 0 Å². The minimum Gasteiger partial charge on any atom is -0.469 e. The molecule has 2 N–H and O–H groups in total. The Balaban J connectivity index is 2.29. The molecule has 10 heteroatoms. The van der Waals surface area contributed by atoms with Gasteiger partial charge >= 0.3 is 5.97 Å². The Morgan fingerprint density at radius 1 is 1.16 bits per heavy atom. The maximum atomic E-state index is 13.5. The number of aromatic nitrogens is 2. The van der Waals surface area contributed by atoms with Crippen LogP contribution in [-0.2, 0) is 24.5 Å². The number of ether oxygens (including phenoxy) is 1. The number of carbonyl (C=O) groups is 3. The van der Waals surface area contributed by atoms with E-state index in [9.17, 15) is 18.8 Å². The molecule has 0 saturated heterocycles. The third-order valence-electron chi connectivity index (χ3n) is 5.90. The fourth-order valence-corrected chi connectivity index (χ4v) is 3.81. The lowest BCUT2D eigenvalue weighted by molar-refractivity contribution is -0.143. The summed E-state index contributed by atoms with van der Waals surface area (Å²) in [7, 11) is 1.27. The van der Waals surface area contributed by atoms with Gasteiger partial charge in [-0.2, -0.15) is 5.10 Å². The van der Waals surface area contributed by atoms with Gasteiger partial charge in [0.2, 0.25) is 12.3 Å². The van der Waals surface area contributed by atoms with Gasteiger partial charge in [-0.1, -0.05) is 26.8 Å². The van der Waals surface area contributed by atoms with Crippen molar-refractivity contribution in [3.63, 3.8) is 0 Å². The maximum absolute atomic E-state index is 13.5. The molecule has 9 nitrogen and oxygen atoms in total. The van der Waals surface area contributed by atoms with E-state index in [1.807, 2.05) is 32.9 Å². The zero-order chi connectivity index (χ0) is 28.5. The van der Waals surface area contributed by atoms with Crippen molar-refractivity contribution in [3.05, 3.63) is 53.3 Å². The van der Waals surface area contributed by atoms with Gasteiger partial charge in [-0.3, -0.25) is 19.8 Å². The summed E-state index contributed by atoms with van der Waals surface area (Å²) in [6.45, 7) is 10.2. The molecule has 0 bridgehead atoms. The van der Waals surface area contributed by atoms with Crippen LogP contribution in [-0.4, -0.2) is 58.7 Å². The Hall–Kier alpha value is -3.82. The first kappa shape index (κ1) is 30.4. The average molecular weight is 528 g/mol. The van der Waals surface area contributed by atoms with E-state index in [0.717, 1.165) is 11.1 Å². The number of methoxy groups -OCH3 is 1. The van der Waals surface area contributed by atoms with E-state index >= 15 is 0 Å². The van der Waals surface area contributed by atoms with Crippen LogP contribution in [0.3, 0.4) is 0 Å². The van der Waals surface area contributed by atoms with Gasteiger partial charge in [0.25, 0.3) is 0 Å². The summed E-state index contributed by atoms with van der Waals surface area (Å²) in [4.78, 5) is 36.9. The summed E-state index contributed by atoms with van der Waals surface area (Å²) in [5.41, 5.74) is 1.34. The molecule has 0 saturated carbocycles. The molecule has 0 aliphatic rings. The van der Waals surface area contributed by atoms with E-state index in [2.05, 4.69) is 15.2 Å². The van der Waals surface area contributed by atoms with E-state index in [1.54, 1.807) is 37.1 Å². The lowest BCUT2D eigenvalue weighted by atomic mass is 9.87. The van der Waals surface area contributed by atoms with Crippen LogP contribution in [0.4, 0.5) is 4.39 Å². The highest BCUT2D eigenvalue weighted by atomic mass is 19.1. The van der Waals surface area contributed by atoms with E-state index in [1.165, 1.54) is 23.9 Å². The van der Waals surface area contributed by atoms with Crippen molar-refractivity contribution in [1.29, 1.82) is 5.41 Å². The molecule has 0 radical (unpaired) electrons. The highest BCUT2D eigenvalue weighted by Crippen LogP contribution is 2.24. The molecule has 1 heterocycles. The largest absolute Gasteiger partial charge is 0.469 e. The van der Waals surface area contributed by atoms with Crippen LogP contribution in [0.15, 0.2) is 36.4 Å². The van der Waals surface area contributed by atoms with Crippen molar-refractivity contribution in [2.45, 2.75) is 64.8 Å². The number of benzene rings is 1. The second-order valence-corrected chi connectivity index (χ2v) is 10.7. The Bertz CT molecular complexity index is 1210. The third kappa shape index (κ3) is 8.93. The molecule has 206 valence electrons. The SMILES string of the molecule is COC(=O)CCC(=O)N(CC/C=C/n1nc(-c2ccc(F)cc2)cc(C(C)(C)C)c1=N)CC(C)(C)NC=O. The van der Waals surface area contributed by atoms with Crippen molar-refractivity contribution in [1.82, 2.24) is 20.0 Å². The molecule has 0 atom stereocenters. The van der Waals surface area contributed by atoms with Crippen molar-refractivity contribution >= 4 is 24.5 Å². The Morgan fingerprint density at radius 3 is 2.39 bits per heavy atom. The van der Waals surface area contributed by atoms with E-state index in [0.29, 0.717) is 25.1 Å². The predicted molar refractivity (Wildman–Crippen MR) is 143 cm³/mol. The molecule has 0 aliphatic carbocycles. The van der Waals surface area contributed by atoms with Crippen LogP contribution in [0.5, 0.6) is 0 Å². The van der Waals surface area contributed by atoms with Crippen LogP contribution in [0.2, 0.25) is 0 Å². The van der Waals surface area contributed by atoms with Crippen LogP contribution >= 0.6 is 0 Å². The fourth-order valence-electron chi connectivity index (χ4n) is 3.81. The molecular weight excluding hydrogens is 489 g/mol. The summed E-state index contributed by atoms with van der Waals surface area (Å²) in [5.74, 6) is -1.04. The van der Waals surface area contributed by atoms with Gasteiger partial charge < -0.3 is 15.0 Å². The number of carbonyl (C=O) groups excluding carboxylic acids is 3. The topological polar surface area (TPSA) is 117 Å². The third-order valence-corrected chi connectivity index (χ3v) is 5.90. The zero-order valence-electron chi connectivity index (χ0n) is 23.0. The molecule has 0 spiro atoms.